The average Bonchev–Trinajstić information content (AvgIpc) is 2.31. The van der Waals surface area contributed by atoms with Crippen LogP contribution in [-0.2, 0) is 0 Å². The molecule has 0 aliphatic carbocycles. The van der Waals surface area contributed by atoms with Crippen molar-refractivity contribution in [2.45, 2.75) is 90.4 Å². The van der Waals surface area contributed by atoms with Gasteiger partial charge in [0.2, 0.25) is 0 Å². The van der Waals surface area contributed by atoms with Gasteiger partial charge in [0.25, 0.3) is 0 Å². The van der Waals surface area contributed by atoms with Crippen LogP contribution in [0, 0.1) is 0 Å². The lowest BCUT2D eigenvalue weighted by Crippen LogP contribution is -2.42. The van der Waals surface area contributed by atoms with Gasteiger partial charge in [-0.05, 0) is 66.2 Å². The van der Waals surface area contributed by atoms with Crippen LogP contribution < -0.4 is 0 Å². The summed E-state index contributed by atoms with van der Waals surface area (Å²) in [6.07, 6.45) is 7.63. The van der Waals surface area contributed by atoms with Crippen molar-refractivity contribution in [1.82, 2.24) is 10.0 Å². The van der Waals surface area contributed by atoms with E-state index in [0.717, 1.165) is 0 Å². The van der Waals surface area contributed by atoms with Gasteiger partial charge in [0.1, 0.15) is 0 Å². The van der Waals surface area contributed by atoms with Crippen LogP contribution in [0.1, 0.15) is 66.2 Å². The molecule has 104 valence electrons. The van der Waals surface area contributed by atoms with Crippen molar-refractivity contribution < 1.29 is 0 Å². The molecule has 0 aromatic rings. The Kier molecular flexibility index (Phi) is 4.46. The highest BCUT2D eigenvalue weighted by molar-refractivity contribution is 4.78. The van der Waals surface area contributed by atoms with E-state index < -0.39 is 0 Å². The van der Waals surface area contributed by atoms with Gasteiger partial charge < -0.3 is 0 Å². The smallest absolute Gasteiger partial charge is 0.0463 e. The number of hydrogen-bond donors (Lipinski definition) is 0. The van der Waals surface area contributed by atoms with Crippen molar-refractivity contribution in [3.63, 3.8) is 0 Å². The van der Waals surface area contributed by atoms with Gasteiger partial charge in [0, 0.05) is 24.2 Å². The molecular weight excluding hydrogens is 224 g/mol. The summed E-state index contributed by atoms with van der Waals surface area (Å²) in [5.74, 6) is 0. The van der Waals surface area contributed by atoms with E-state index in [9.17, 15) is 0 Å². The molecule has 4 nitrogen and oxygen atoms in total. The highest BCUT2D eigenvalue weighted by atomic mass is 15.7. The second-order valence-electron chi connectivity index (χ2n) is 6.20. The van der Waals surface area contributed by atoms with Crippen LogP contribution in [0.3, 0.4) is 0 Å². The predicted octanol–water partition coefficient (Wildman–Crippen LogP) is 3.79. The molecular formula is C14H28N4. The lowest BCUT2D eigenvalue weighted by atomic mass is 10.00. The molecule has 2 saturated heterocycles. The summed E-state index contributed by atoms with van der Waals surface area (Å²) in [7, 11) is 0. The number of hydrogen-bond acceptors (Lipinski definition) is 2. The van der Waals surface area contributed by atoms with Crippen LogP contribution in [0.15, 0.2) is 10.4 Å². The summed E-state index contributed by atoms with van der Waals surface area (Å²) in [5, 5.41) is 13.5. The van der Waals surface area contributed by atoms with E-state index in [1.165, 1.54) is 38.5 Å². The van der Waals surface area contributed by atoms with Crippen LogP contribution in [0.4, 0.5) is 0 Å². The molecule has 0 bridgehead atoms. The molecule has 2 aliphatic heterocycles. The third-order valence-corrected chi connectivity index (χ3v) is 4.54. The second-order valence-corrected chi connectivity index (χ2v) is 6.20. The highest BCUT2D eigenvalue weighted by Crippen LogP contribution is 2.26. The van der Waals surface area contributed by atoms with Crippen molar-refractivity contribution in [1.29, 1.82) is 0 Å². The van der Waals surface area contributed by atoms with Crippen molar-refractivity contribution in [3.05, 3.63) is 0 Å². The maximum absolute atomic E-state index is 4.55. The van der Waals surface area contributed by atoms with Gasteiger partial charge >= 0.3 is 0 Å². The lowest BCUT2D eigenvalue weighted by Gasteiger charge is -2.38. The first-order valence-electron chi connectivity index (χ1n) is 7.58. The molecule has 2 rings (SSSR count). The third kappa shape index (κ3) is 2.96. The summed E-state index contributed by atoms with van der Waals surface area (Å²) < 4.78 is 0. The third-order valence-electron chi connectivity index (χ3n) is 4.54. The molecule has 4 heteroatoms. The SMILES string of the molecule is CC1CCCC(C)N1/N=N/N1C(C)CCCC1C. The zero-order valence-corrected chi connectivity index (χ0v) is 12.3. The number of nitrogens with zero attached hydrogens (tertiary/aromatic N) is 4. The van der Waals surface area contributed by atoms with Gasteiger partial charge in [0.15, 0.2) is 0 Å². The van der Waals surface area contributed by atoms with Crippen molar-refractivity contribution in [2.24, 2.45) is 10.4 Å². The number of piperidine rings is 2. The molecule has 18 heavy (non-hydrogen) atoms. The normalized spacial score (nSPS) is 38.4. The van der Waals surface area contributed by atoms with E-state index in [0.29, 0.717) is 24.2 Å². The molecule has 0 amide bonds. The Morgan fingerprint density at radius 3 is 1.17 bits per heavy atom. The molecule has 0 N–H and O–H groups in total. The van der Waals surface area contributed by atoms with Gasteiger partial charge in [-0.3, -0.25) is 10.0 Å². The average molecular weight is 252 g/mol. The van der Waals surface area contributed by atoms with Crippen LogP contribution >= 0.6 is 0 Å². The fraction of sp³-hybridized carbons (Fsp3) is 1.00. The van der Waals surface area contributed by atoms with Crippen molar-refractivity contribution in [2.75, 3.05) is 0 Å². The summed E-state index contributed by atoms with van der Waals surface area (Å²) >= 11 is 0. The van der Waals surface area contributed by atoms with Gasteiger partial charge in [-0.25, -0.2) is 0 Å². The first-order chi connectivity index (χ1) is 8.59. The minimum absolute atomic E-state index is 0.535. The van der Waals surface area contributed by atoms with E-state index >= 15 is 0 Å². The Bertz CT molecular complexity index is 244. The van der Waals surface area contributed by atoms with E-state index in [4.69, 9.17) is 0 Å². The van der Waals surface area contributed by atoms with Gasteiger partial charge in [-0.15, -0.1) is 0 Å². The fourth-order valence-electron chi connectivity index (χ4n) is 3.26. The van der Waals surface area contributed by atoms with Crippen molar-refractivity contribution in [3.8, 4) is 0 Å². The molecule has 2 heterocycles. The van der Waals surface area contributed by atoms with E-state index in [1.54, 1.807) is 0 Å². The molecule has 4 atom stereocenters. The van der Waals surface area contributed by atoms with Crippen LogP contribution in [0.5, 0.6) is 0 Å². The Morgan fingerprint density at radius 1 is 0.611 bits per heavy atom. The van der Waals surface area contributed by atoms with E-state index in [-0.39, 0.29) is 0 Å². The fourth-order valence-corrected chi connectivity index (χ4v) is 3.26. The van der Waals surface area contributed by atoms with Crippen molar-refractivity contribution >= 4 is 0 Å². The molecule has 0 saturated carbocycles. The van der Waals surface area contributed by atoms with E-state index in [2.05, 4.69) is 48.2 Å². The molecule has 2 aliphatic rings. The second kappa shape index (κ2) is 5.89. The first-order valence-corrected chi connectivity index (χ1v) is 7.58. The molecule has 0 spiro atoms. The summed E-state index contributed by atoms with van der Waals surface area (Å²) in [4.78, 5) is 0. The monoisotopic (exact) mass is 252 g/mol. The van der Waals surface area contributed by atoms with Gasteiger partial charge in [-0.2, -0.15) is 0 Å². The Balaban J connectivity index is 1.99. The standard InChI is InChI=1S/C14H28N4/c1-11-7-5-8-12(2)17(11)15-16-18-13(3)9-6-10-14(18)4/h11-14H,5-10H2,1-4H3/b16-15+. The van der Waals surface area contributed by atoms with Crippen LogP contribution in [-0.4, -0.2) is 34.2 Å². The maximum atomic E-state index is 4.55. The quantitative estimate of drug-likeness (QED) is 0.700. The first kappa shape index (κ1) is 13.6. The zero-order valence-electron chi connectivity index (χ0n) is 12.3. The largest absolute Gasteiger partial charge is 0.272 e. The topological polar surface area (TPSA) is 31.2 Å². The Morgan fingerprint density at radius 2 is 0.889 bits per heavy atom. The summed E-state index contributed by atoms with van der Waals surface area (Å²) in [5.41, 5.74) is 0. The Labute approximate surface area is 111 Å². The summed E-state index contributed by atoms with van der Waals surface area (Å²) in [6, 6.07) is 2.14. The molecule has 0 radical (unpaired) electrons. The molecule has 0 aromatic heterocycles. The lowest BCUT2D eigenvalue weighted by molar-refractivity contribution is 0.0465. The Hall–Kier alpha value is -0.800. The molecule has 4 unspecified atom stereocenters. The van der Waals surface area contributed by atoms with Gasteiger partial charge in [-0.1, -0.05) is 10.4 Å². The highest BCUT2D eigenvalue weighted by Gasteiger charge is 2.26. The zero-order chi connectivity index (χ0) is 13.1. The van der Waals surface area contributed by atoms with E-state index in [1.807, 2.05) is 0 Å². The molecule has 2 fully saturated rings. The van der Waals surface area contributed by atoms with Crippen LogP contribution in [0.25, 0.3) is 0 Å². The predicted molar refractivity (Wildman–Crippen MR) is 74.1 cm³/mol. The minimum atomic E-state index is 0.535. The summed E-state index contributed by atoms with van der Waals surface area (Å²) in [6.45, 7) is 9.05. The minimum Gasteiger partial charge on any atom is -0.272 e. The molecule has 0 aromatic carbocycles. The maximum Gasteiger partial charge on any atom is 0.0463 e. The van der Waals surface area contributed by atoms with Crippen LogP contribution in [0.2, 0.25) is 0 Å². The number of rotatable bonds is 2. The van der Waals surface area contributed by atoms with Gasteiger partial charge in [0.05, 0.1) is 0 Å².